The fraction of sp³-hybridized carbons (Fsp3) is 0.846. The molecule has 1 aromatic rings. The Morgan fingerprint density at radius 2 is 1.94 bits per heavy atom. The minimum atomic E-state index is 0.392. The molecular weight excluding hydrogens is 296 g/mol. The van der Waals surface area contributed by atoms with Gasteiger partial charge in [0.1, 0.15) is 10.0 Å². The van der Waals surface area contributed by atoms with Crippen LogP contribution >= 0.6 is 27.3 Å². The van der Waals surface area contributed by atoms with Gasteiger partial charge < -0.3 is 0 Å². The molecule has 1 heterocycles. The van der Waals surface area contributed by atoms with E-state index in [0.717, 1.165) is 23.8 Å². The number of hydrogen-bond acceptors (Lipinski definition) is 3. The summed E-state index contributed by atoms with van der Waals surface area (Å²) in [5.41, 5.74) is 0. The van der Waals surface area contributed by atoms with Crippen LogP contribution in [-0.4, -0.2) is 10.2 Å². The molecule has 0 amide bonds. The summed E-state index contributed by atoms with van der Waals surface area (Å²) in [5, 5.41) is 11.0. The van der Waals surface area contributed by atoms with Gasteiger partial charge in [-0.3, -0.25) is 0 Å². The van der Waals surface area contributed by atoms with E-state index in [2.05, 4.69) is 33.1 Å². The first-order chi connectivity index (χ1) is 8.29. The molecule has 1 aliphatic carbocycles. The lowest BCUT2D eigenvalue weighted by atomic mass is 9.97. The number of hydrogen-bond donors (Lipinski definition) is 0. The summed E-state index contributed by atoms with van der Waals surface area (Å²) in [4.78, 5) is 0.392. The van der Waals surface area contributed by atoms with E-state index in [9.17, 15) is 0 Å². The van der Waals surface area contributed by atoms with Gasteiger partial charge in [0.2, 0.25) is 0 Å². The summed E-state index contributed by atoms with van der Waals surface area (Å²) in [5.74, 6) is 0.855. The van der Waals surface area contributed by atoms with E-state index in [1.807, 2.05) is 0 Å². The number of alkyl halides is 1. The Hall–Kier alpha value is 0.0400. The maximum Gasteiger partial charge on any atom is 0.131 e. The van der Waals surface area contributed by atoms with Crippen molar-refractivity contribution in [1.82, 2.24) is 10.2 Å². The van der Waals surface area contributed by atoms with Gasteiger partial charge in [0.15, 0.2) is 0 Å². The van der Waals surface area contributed by atoms with Gasteiger partial charge in [-0.05, 0) is 12.3 Å². The van der Waals surface area contributed by atoms with Crippen molar-refractivity contribution >= 4 is 27.3 Å². The Bertz CT molecular complexity index is 332. The quantitative estimate of drug-likeness (QED) is 0.583. The molecule has 0 spiro atoms. The van der Waals surface area contributed by atoms with E-state index >= 15 is 0 Å². The van der Waals surface area contributed by atoms with Crippen molar-refractivity contribution in [2.75, 3.05) is 0 Å². The number of nitrogens with zero attached hydrogens (tertiary/aromatic N) is 2. The predicted octanol–water partition coefficient (Wildman–Crippen LogP) is 4.90. The lowest BCUT2D eigenvalue weighted by Crippen LogP contribution is -2.02. The normalized spacial score (nSPS) is 20.1. The molecule has 1 aliphatic rings. The van der Waals surface area contributed by atoms with Gasteiger partial charge in [-0.25, -0.2) is 0 Å². The maximum atomic E-state index is 4.35. The summed E-state index contributed by atoms with van der Waals surface area (Å²) in [7, 11) is 0. The molecule has 1 unspecified atom stereocenters. The summed E-state index contributed by atoms with van der Waals surface area (Å²) < 4.78 is 0. The summed E-state index contributed by atoms with van der Waals surface area (Å²) in [6, 6.07) is 0. The zero-order chi connectivity index (χ0) is 12.1. The molecule has 96 valence electrons. The SMILES string of the molecule is CCC(Br)c1nnc(CC2CCCCCC2)s1. The van der Waals surface area contributed by atoms with Crippen molar-refractivity contribution in [2.24, 2.45) is 5.92 Å². The van der Waals surface area contributed by atoms with E-state index in [1.54, 1.807) is 11.3 Å². The minimum absolute atomic E-state index is 0.392. The topological polar surface area (TPSA) is 25.8 Å². The van der Waals surface area contributed by atoms with Crippen LogP contribution in [0.15, 0.2) is 0 Å². The highest BCUT2D eigenvalue weighted by Gasteiger charge is 2.17. The molecule has 0 aliphatic heterocycles. The third-order valence-corrected chi connectivity index (χ3v) is 5.99. The van der Waals surface area contributed by atoms with Crippen LogP contribution in [0.4, 0.5) is 0 Å². The highest BCUT2D eigenvalue weighted by atomic mass is 79.9. The molecule has 1 atom stereocenters. The van der Waals surface area contributed by atoms with Crippen molar-refractivity contribution in [3.8, 4) is 0 Å². The van der Waals surface area contributed by atoms with Crippen LogP contribution in [0.5, 0.6) is 0 Å². The van der Waals surface area contributed by atoms with Crippen molar-refractivity contribution in [2.45, 2.75) is 63.1 Å². The van der Waals surface area contributed by atoms with Gasteiger partial charge in [0.25, 0.3) is 0 Å². The summed E-state index contributed by atoms with van der Waals surface area (Å²) >= 11 is 5.44. The van der Waals surface area contributed by atoms with Crippen molar-refractivity contribution in [3.63, 3.8) is 0 Å². The Morgan fingerprint density at radius 3 is 2.59 bits per heavy atom. The highest BCUT2D eigenvalue weighted by molar-refractivity contribution is 9.09. The number of halogens is 1. The second-order valence-corrected chi connectivity index (χ2v) is 7.17. The lowest BCUT2D eigenvalue weighted by molar-refractivity contribution is 0.456. The van der Waals surface area contributed by atoms with Crippen LogP contribution < -0.4 is 0 Å². The first kappa shape index (κ1) is 13.5. The molecule has 0 N–H and O–H groups in total. The van der Waals surface area contributed by atoms with E-state index < -0.39 is 0 Å². The molecule has 0 aromatic carbocycles. The average molecular weight is 317 g/mol. The van der Waals surface area contributed by atoms with Gasteiger partial charge in [-0.1, -0.05) is 61.4 Å². The fourth-order valence-electron chi connectivity index (χ4n) is 2.47. The lowest BCUT2D eigenvalue weighted by Gasteiger charge is -2.10. The Balaban J connectivity index is 1.91. The molecule has 4 heteroatoms. The van der Waals surface area contributed by atoms with Gasteiger partial charge in [0.05, 0.1) is 4.83 Å². The van der Waals surface area contributed by atoms with Gasteiger partial charge >= 0.3 is 0 Å². The highest BCUT2D eigenvalue weighted by Crippen LogP contribution is 2.31. The summed E-state index contributed by atoms with van der Waals surface area (Å²) in [6.07, 6.45) is 10.7. The van der Waals surface area contributed by atoms with E-state index in [4.69, 9.17) is 0 Å². The molecule has 1 saturated carbocycles. The zero-order valence-electron chi connectivity index (χ0n) is 10.5. The number of aromatic nitrogens is 2. The first-order valence-corrected chi connectivity index (χ1v) is 8.49. The molecule has 0 radical (unpaired) electrons. The minimum Gasteiger partial charge on any atom is -0.144 e. The molecule has 1 aromatic heterocycles. The second-order valence-electron chi connectivity index (χ2n) is 4.97. The van der Waals surface area contributed by atoms with Crippen molar-refractivity contribution < 1.29 is 0 Å². The van der Waals surface area contributed by atoms with Crippen molar-refractivity contribution in [3.05, 3.63) is 10.0 Å². The molecular formula is C13H21BrN2S. The van der Waals surface area contributed by atoms with Crippen LogP contribution in [0.1, 0.15) is 66.7 Å². The van der Waals surface area contributed by atoms with Crippen LogP contribution in [0.3, 0.4) is 0 Å². The first-order valence-electron chi connectivity index (χ1n) is 6.76. The van der Waals surface area contributed by atoms with E-state index in [-0.39, 0.29) is 0 Å². The molecule has 17 heavy (non-hydrogen) atoms. The number of rotatable bonds is 4. The third kappa shape index (κ3) is 4.02. The van der Waals surface area contributed by atoms with Gasteiger partial charge in [-0.2, -0.15) is 0 Å². The second kappa shape index (κ2) is 6.83. The average Bonchev–Trinajstić information content (AvgIpc) is 2.65. The summed E-state index contributed by atoms with van der Waals surface area (Å²) in [6.45, 7) is 2.17. The molecule has 2 nitrogen and oxygen atoms in total. The molecule has 2 rings (SSSR count). The van der Waals surface area contributed by atoms with Crippen LogP contribution in [-0.2, 0) is 6.42 Å². The Morgan fingerprint density at radius 1 is 1.24 bits per heavy atom. The monoisotopic (exact) mass is 316 g/mol. The largest absolute Gasteiger partial charge is 0.144 e. The van der Waals surface area contributed by atoms with Gasteiger partial charge in [-0.15, -0.1) is 21.5 Å². The van der Waals surface area contributed by atoms with Crippen molar-refractivity contribution in [1.29, 1.82) is 0 Å². The molecule has 1 fully saturated rings. The fourth-order valence-corrected chi connectivity index (χ4v) is 3.86. The zero-order valence-corrected chi connectivity index (χ0v) is 12.9. The van der Waals surface area contributed by atoms with E-state index in [0.29, 0.717) is 4.83 Å². The standard InChI is InChI=1S/C13H21BrN2S/c1-2-11(14)13-16-15-12(17-13)9-10-7-5-3-4-6-8-10/h10-11H,2-9H2,1H3. The van der Waals surface area contributed by atoms with Crippen LogP contribution in [0.2, 0.25) is 0 Å². The maximum absolute atomic E-state index is 4.35. The van der Waals surface area contributed by atoms with E-state index in [1.165, 1.54) is 43.5 Å². The van der Waals surface area contributed by atoms with Crippen LogP contribution in [0.25, 0.3) is 0 Å². The predicted molar refractivity (Wildman–Crippen MR) is 76.8 cm³/mol. The molecule has 0 bridgehead atoms. The molecule has 0 saturated heterocycles. The Kier molecular flexibility index (Phi) is 5.42. The van der Waals surface area contributed by atoms with Gasteiger partial charge in [0, 0.05) is 6.42 Å². The van der Waals surface area contributed by atoms with Crippen LogP contribution in [0, 0.1) is 5.92 Å². The smallest absolute Gasteiger partial charge is 0.131 e. The third-order valence-electron chi connectivity index (χ3n) is 3.55. The Labute approximate surface area is 116 Å².